The lowest BCUT2D eigenvalue weighted by Gasteiger charge is -2.33. The molecule has 1 N–H and O–H groups in total. The van der Waals surface area contributed by atoms with E-state index >= 15 is 0 Å². The Balaban J connectivity index is 1.53. The van der Waals surface area contributed by atoms with Crippen LogP contribution in [0.3, 0.4) is 0 Å². The zero-order valence-electron chi connectivity index (χ0n) is 16.6. The summed E-state index contributed by atoms with van der Waals surface area (Å²) in [6, 6.07) is 0.216. The largest absolute Gasteiger partial charge is 0.338 e. The Kier molecular flexibility index (Phi) is 6.79. The average Bonchev–Trinajstić information content (AvgIpc) is 3.38. The number of hydrogen-bond donors (Lipinski definition) is 1. The van der Waals surface area contributed by atoms with E-state index < -0.39 is 0 Å². The molecule has 26 heavy (non-hydrogen) atoms. The van der Waals surface area contributed by atoms with Crippen molar-refractivity contribution in [1.82, 2.24) is 20.0 Å². The number of carbonyl (C=O) groups is 2. The Bertz CT molecular complexity index is 486. The van der Waals surface area contributed by atoms with Gasteiger partial charge in [0.15, 0.2) is 0 Å². The highest BCUT2D eigenvalue weighted by Gasteiger charge is 2.39. The standard InChI is InChI=1S/C20H36N4O2/c1-16(2)14-21-20(26)23-11-8-18(15-23)24(19(25)17-6-7-17)13-12-22-9-4-3-5-10-22/h16-18H,3-15H2,1-2H3,(H,21,26). The number of hydrogen-bond acceptors (Lipinski definition) is 3. The summed E-state index contributed by atoms with van der Waals surface area (Å²) in [7, 11) is 0. The minimum absolute atomic E-state index is 0.0241. The van der Waals surface area contributed by atoms with Gasteiger partial charge in [-0.3, -0.25) is 4.79 Å². The number of likely N-dealkylation sites (tertiary alicyclic amines) is 2. The average molecular weight is 365 g/mol. The van der Waals surface area contributed by atoms with Gasteiger partial charge in [0.1, 0.15) is 0 Å². The number of amides is 3. The van der Waals surface area contributed by atoms with Crippen LogP contribution in [-0.4, -0.2) is 78.5 Å². The van der Waals surface area contributed by atoms with E-state index in [1.54, 1.807) is 0 Å². The number of carbonyl (C=O) groups excluding carboxylic acids is 2. The summed E-state index contributed by atoms with van der Waals surface area (Å²) in [5.74, 6) is 1.03. The summed E-state index contributed by atoms with van der Waals surface area (Å²) in [6.45, 7) is 10.5. The van der Waals surface area contributed by atoms with Crippen LogP contribution in [-0.2, 0) is 4.79 Å². The van der Waals surface area contributed by atoms with E-state index in [9.17, 15) is 9.59 Å². The first-order valence-electron chi connectivity index (χ1n) is 10.6. The number of nitrogens with zero attached hydrogens (tertiary/aromatic N) is 3. The van der Waals surface area contributed by atoms with Crippen LogP contribution in [0.25, 0.3) is 0 Å². The van der Waals surface area contributed by atoms with Crippen LogP contribution < -0.4 is 5.32 Å². The predicted octanol–water partition coefficient (Wildman–Crippen LogP) is 2.15. The van der Waals surface area contributed by atoms with Gasteiger partial charge in [-0.2, -0.15) is 0 Å². The minimum atomic E-state index is 0.0241. The maximum Gasteiger partial charge on any atom is 0.317 e. The van der Waals surface area contributed by atoms with Gasteiger partial charge in [-0.15, -0.1) is 0 Å². The van der Waals surface area contributed by atoms with Crippen molar-refractivity contribution in [3.8, 4) is 0 Å². The van der Waals surface area contributed by atoms with Crippen molar-refractivity contribution >= 4 is 11.9 Å². The van der Waals surface area contributed by atoms with Crippen molar-refractivity contribution in [2.75, 3.05) is 45.8 Å². The number of nitrogens with one attached hydrogen (secondary N) is 1. The first-order valence-corrected chi connectivity index (χ1v) is 10.6. The Labute approximate surface area is 158 Å². The second kappa shape index (κ2) is 9.07. The summed E-state index contributed by atoms with van der Waals surface area (Å²) in [6.07, 6.45) is 6.90. The van der Waals surface area contributed by atoms with E-state index in [-0.39, 0.29) is 18.0 Å². The molecule has 0 aromatic rings. The maximum absolute atomic E-state index is 12.8. The van der Waals surface area contributed by atoms with Crippen molar-refractivity contribution in [2.45, 2.75) is 58.4 Å². The molecule has 0 radical (unpaired) electrons. The van der Waals surface area contributed by atoms with Gasteiger partial charge in [-0.05, 0) is 51.1 Å². The molecule has 1 unspecified atom stereocenters. The molecular weight excluding hydrogens is 328 g/mol. The molecule has 1 atom stereocenters. The highest BCUT2D eigenvalue weighted by molar-refractivity contribution is 5.81. The third-order valence-corrected chi connectivity index (χ3v) is 5.87. The van der Waals surface area contributed by atoms with E-state index in [2.05, 4.69) is 29.0 Å². The summed E-state index contributed by atoms with van der Waals surface area (Å²) in [5, 5.41) is 3.01. The van der Waals surface area contributed by atoms with Gasteiger partial charge in [-0.1, -0.05) is 20.3 Å². The second-order valence-electron chi connectivity index (χ2n) is 8.68. The minimum Gasteiger partial charge on any atom is -0.338 e. The molecule has 3 fully saturated rings. The molecule has 148 valence electrons. The molecule has 0 aromatic carbocycles. The summed E-state index contributed by atoms with van der Waals surface area (Å²) in [5.41, 5.74) is 0. The van der Waals surface area contributed by atoms with Crippen LogP contribution in [0.5, 0.6) is 0 Å². The number of urea groups is 1. The molecule has 0 spiro atoms. The van der Waals surface area contributed by atoms with Gasteiger partial charge in [0.2, 0.25) is 5.91 Å². The van der Waals surface area contributed by atoms with Crippen LogP contribution in [0.2, 0.25) is 0 Å². The van der Waals surface area contributed by atoms with Gasteiger partial charge >= 0.3 is 6.03 Å². The van der Waals surface area contributed by atoms with E-state index in [0.717, 1.165) is 38.9 Å². The van der Waals surface area contributed by atoms with Gasteiger partial charge in [0.05, 0.1) is 6.04 Å². The monoisotopic (exact) mass is 364 g/mol. The number of rotatable bonds is 7. The number of piperidine rings is 1. The van der Waals surface area contributed by atoms with Crippen molar-refractivity contribution in [2.24, 2.45) is 11.8 Å². The first kappa shape index (κ1) is 19.5. The molecule has 3 aliphatic rings. The molecule has 0 aromatic heterocycles. The highest BCUT2D eigenvalue weighted by Crippen LogP contribution is 2.32. The lowest BCUT2D eigenvalue weighted by molar-refractivity contribution is -0.135. The van der Waals surface area contributed by atoms with Gasteiger partial charge in [0, 0.05) is 38.6 Å². The smallest absolute Gasteiger partial charge is 0.317 e. The molecule has 2 saturated heterocycles. The summed E-state index contributed by atoms with van der Waals surface area (Å²) in [4.78, 5) is 31.7. The van der Waals surface area contributed by atoms with E-state index in [1.165, 1.54) is 32.4 Å². The molecule has 2 heterocycles. The molecule has 1 aliphatic carbocycles. The van der Waals surface area contributed by atoms with E-state index in [4.69, 9.17) is 0 Å². The fourth-order valence-electron chi connectivity index (χ4n) is 4.05. The van der Waals surface area contributed by atoms with Crippen LogP contribution in [0.1, 0.15) is 52.4 Å². The summed E-state index contributed by atoms with van der Waals surface area (Å²) >= 11 is 0. The third kappa shape index (κ3) is 5.35. The quantitative estimate of drug-likeness (QED) is 0.753. The molecule has 3 rings (SSSR count). The zero-order valence-corrected chi connectivity index (χ0v) is 16.6. The molecule has 2 aliphatic heterocycles. The normalized spacial score (nSPS) is 24.1. The molecule has 3 amide bonds. The zero-order chi connectivity index (χ0) is 18.5. The fourth-order valence-corrected chi connectivity index (χ4v) is 4.05. The highest BCUT2D eigenvalue weighted by atomic mass is 16.2. The fraction of sp³-hybridized carbons (Fsp3) is 0.900. The maximum atomic E-state index is 12.8. The van der Waals surface area contributed by atoms with Crippen LogP contribution >= 0.6 is 0 Å². The van der Waals surface area contributed by atoms with Crippen LogP contribution in [0.4, 0.5) is 4.79 Å². The molecular formula is C20H36N4O2. The third-order valence-electron chi connectivity index (χ3n) is 5.87. The van der Waals surface area contributed by atoms with Gasteiger partial charge in [0.25, 0.3) is 0 Å². The van der Waals surface area contributed by atoms with Crippen molar-refractivity contribution in [3.05, 3.63) is 0 Å². The Morgan fingerprint density at radius 3 is 2.46 bits per heavy atom. The topological polar surface area (TPSA) is 55.9 Å². The first-order chi connectivity index (χ1) is 12.5. The van der Waals surface area contributed by atoms with Crippen LogP contribution in [0, 0.1) is 11.8 Å². The Hall–Kier alpha value is -1.30. The molecule has 6 nitrogen and oxygen atoms in total. The van der Waals surface area contributed by atoms with Gasteiger partial charge < -0.3 is 20.0 Å². The molecule has 0 bridgehead atoms. The van der Waals surface area contributed by atoms with Crippen molar-refractivity contribution < 1.29 is 9.59 Å². The summed E-state index contributed by atoms with van der Waals surface area (Å²) < 4.78 is 0. The lowest BCUT2D eigenvalue weighted by atomic mass is 10.1. The Morgan fingerprint density at radius 2 is 1.81 bits per heavy atom. The molecule has 6 heteroatoms. The van der Waals surface area contributed by atoms with E-state index in [1.807, 2.05) is 4.90 Å². The SMILES string of the molecule is CC(C)CNC(=O)N1CCC(N(CCN2CCCCC2)C(=O)C2CC2)C1. The van der Waals surface area contributed by atoms with Crippen LogP contribution in [0.15, 0.2) is 0 Å². The molecule has 1 saturated carbocycles. The second-order valence-corrected chi connectivity index (χ2v) is 8.68. The van der Waals surface area contributed by atoms with Crippen molar-refractivity contribution in [1.29, 1.82) is 0 Å². The van der Waals surface area contributed by atoms with Crippen molar-refractivity contribution in [3.63, 3.8) is 0 Å². The van der Waals surface area contributed by atoms with E-state index in [0.29, 0.717) is 24.9 Å². The van der Waals surface area contributed by atoms with Gasteiger partial charge in [-0.25, -0.2) is 4.79 Å². The predicted molar refractivity (Wildman–Crippen MR) is 103 cm³/mol. The lowest BCUT2D eigenvalue weighted by Crippen LogP contribution is -2.48. The Morgan fingerprint density at radius 1 is 1.08 bits per heavy atom.